The monoisotopic (exact) mass is 362 g/mol. The molecule has 0 spiro atoms. The Morgan fingerprint density at radius 2 is 1.92 bits per heavy atom. The molecule has 1 aliphatic rings. The van der Waals surface area contributed by atoms with Gasteiger partial charge in [-0.05, 0) is 12.1 Å². The second-order valence-corrected chi connectivity index (χ2v) is 6.97. The molecule has 26 heavy (non-hydrogen) atoms. The first-order chi connectivity index (χ1) is 12.7. The van der Waals surface area contributed by atoms with Gasteiger partial charge < -0.3 is 9.15 Å². The quantitative estimate of drug-likeness (QED) is 0.692. The molecular formula is C20H14N2O3S. The Morgan fingerprint density at radius 3 is 2.69 bits per heavy atom. The Kier molecular flexibility index (Phi) is 4.02. The maximum absolute atomic E-state index is 12.8. The Balaban J connectivity index is 2.09. The predicted octanol–water partition coefficient (Wildman–Crippen LogP) is 4.16. The molecule has 4 rings (SSSR count). The van der Waals surface area contributed by atoms with E-state index in [2.05, 4.69) is 6.07 Å². The van der Waals surface area contributed by atoms with Crippen molar-refractivity contribution in [1.29, 1.82) is 10.7 Å². The number of benzene rings is 2. The van der Waals surface area contributed by atoms with E-state index in [9.17, 15) is 10.1 Å². The molecule has 2 aromatic carbocycles. The summed E-state index contributed by atoms with van der Waals surface area (Å²) in [4.78, 5) is 13.5. The number of thioether (sulfide) groups is 1. The fourth-order valence-corrected chi connectivity index (χ4v) is 4.53. The summed E-state index contributed by atoms with van der Waals surface area (Å²) in [6.45, 7) is 0. The number of nitriles is 1. The van der Waals surface area contributed by atoms with Crippen molar-refractivity contribution in [3.05, 3.63) is 70.1 Å². The van der Waals surface area contributed by atoms with Gasteiger partial charge in [0.05, 0.1) is 23.8 Å². The first-order valence-electron chi connectivity index (χ1n) is 8.00. The molecule has 1 unspecified atom stereocenters. The number of para-hydroxylation sites is 2. The summed E-state index contributed by atoms with van der Waals surface area (Å²) in [6.07, 6.45) is 0. The average molecular weight is 362 g/mol. The zero-order valence-corrected chi connectivity index (χ0v) is 14.7. The molecule has 1 N–H and O–H groups in total. The normalized spacial score (nSPS) is 19.0. The van der Waals surface area contributed by atoms with Gasteiger partial charge >= 0.3 is 5.63 Å². The summed E-state index contributed by atoms with van der Waals surface area (Å²) in [6, 6.07) is 16.7. The minimum atomic E-state index is -0.770. The molecule has 6 heteroatoms. The first-order valence-corrected chi connectivity index (χ1v) is 8.82. The van der Waals surface area contributed by atoms with E-state index in [0.29, 0.717) is 27.4 Å². The van der Waals surface area contributed by atoms with Gasteiger partial charge in [-0.1, -0.05) is 48.2 Å². The second kappa shape index (κ2) is 6.36. The van der Waals surface area contributed by atoms with Gasteiger partial charge in [-0.15, -0.1) is 0 Å². The van der Waals surface area contributed by atoms with Crippen LogP contribution < -0.4 is 10.4 Å². The molecule has 0 amide bonds. The average Bonchev–Trinajstić information content (AvgIpc) is 2.67. The van der Waals surface area contributed by atoms with Crippen molar-refractivity contribution in [3.63, 3.8) is 0 Å². The van der Waals surface area contributed by atoms with E-state index in [1.54, 1.807) is 25.3 Å². The minimum absolute atomic E-state index is 0.214. The number of methoxy groups -OCH3 is 1. The highest BCUT2D eigenvalue weighted by molar-refractivity contribution is 8.14. The van der Waals surface area contributed by atoms with Gasteiger partial charge in [-0.25, -0.2) is 4.79 Å². The second-order valence-electron chi connectivity index (χ2n) is 5.92. The highest BCUT2D eigenvalue weighted by atomic mass is 32.2. The van der Waals surface area contributed by atoms with Crippen molar-refractivity contribution in [2.24, 2.45) is 5.92 Å². The standard InChI is InChI=1S/C20H14N2O3S/c1-24-14-8-4-2-6-11(14)16-13(10-21)19(22)26-18-12-7-3-5-9-15(12)25-20(23)17(16)18/h2-9,13,16,22H,1H3/t13?,16-/m0/s1. The highest BCUT2D eigenvalue weighted by Gasteiger charge is 2.40. The predicted molar refractivity (Wildman–Crippen MR) is 100 cm³/mol. The van der Waals surface area contributed by atoms with Gasteiger partial charge in [0.15, 0.2) is 0 Å². The number of fused-ring (bicyclic) bond motifs is 3. The number of ether oxygens (including phenoxy) is 1. The number of hydrogen-bond donors (Lipinski definition) is 1. The smallest absolute Gasteiger partial charge is 0.341 e. The van der Waals surface area contributed by atoms with Crippen LogP contribution in [0.2, 0.25) is 0 Å². The summed E-state index contributed by atoms with van der Waals surface area (Å²) in [5.41, 5.74) is 1.12. The Morgan fingerprint density at radius 1 is 1.19 bits per heavy atom. The maximum atomic E-state index is 12.8. The van der Waals surface area contributed by atoms with Crippen molar-refractivity contribution < 1.29 is 9.15 Å². The molecule has 1 aliphatic heterocycles. The van der Waals surface area contributed by atoms with Crippen LogP contribution in [0.4, 0.5) is 0 Å². The van der Waals surface area contributed by atoms with Crippen LogP contribution in [0.3, 0.4) is 0 Å². The van der Waals surface area contributed by atoms with E-state index in [4.69, 9.17) is 14.6 Å². The fourth-order valence-electron chi connectivity index (χ4n) is 3.40. The zero-order chi connectivity index (χ0) is 18.3. The summed E-state index contributed by atoms with van der Waals surface area (Å²) < 4.78 is 11.0. The van der Waals surface area contributed by atoms with Gasteiger partial charge in [0.25, 0.3) is 0 Å². The third-order valence-electron chi connectivity index (χ3n) is 4.55. The lowest BCUT2D eigenvalue weighted by Crippen LogP contribution is -2.29. The van der Waals surface area contributed by atoms with Crippen LogP contribution in [0.25, 0.3) is 11.0 Å². The fraction of sp³-hybridized carbons (Fsp3) is 0.150. The van der Waals surface area contributed by atoms with Crippen molar-refractivity contribution in [2.45, 2.75) is 10.8 Å². The molecule has 128 valence electrons. The van der Waals surface area contributed by atoms with Crippen LogP contribution >= 0.6 is 11.8 Å². The van der Waals surface area contributed by atoms with E-state index >= 15 is 0 Å². The van der Waals surface area contributed by atoms with Gasteiger partial charge in [0.1, 0.15) is 17.3 Å². The van der Waals surface area contributed by atoms with E-state index < -0.39 is 17.5 Å². The SMILES string of the molecule is COc1ccccc1[C@@H]1c2c(c3ccccc3oc2=O)SC(=N)C1C#N. The van der Waals surface area contributed by atoms with E-state index in [1.165, 1.54) is 0 Å². The van der Waals surface area contributed by atoms with Crippen LogP contribution in [0.15, 0.2) is 62.6 Å². The molecule has 0 aliphatic carbocycles. The molecule has 0 fully saturated rings. The molecule has 2 atom stereocenters. The Hall–Kier alpha value is -3.04. The zero-order valence-electron chi connectivity index (χ0n) is 13.9. The van der Waals surface area contributed by atoms with E-state index in [1.807, 2.05) is 30.3 Å². The van der Waals surface area contributed by atoms with Crippen LogP contribution in [0.5, 0.6) is 5.75 Å². The first kappa shape index (κ1) is 16.4. The van der Waals surface area contributed by atoms with E-state index in [-0.39, 0.29) is 5.04 Å². The summed E-state index contributed by atoms with van der Waals surface area (Å²) in [5.74, 6) is -0.801. The number of nitrogens with one attached hydrogen (secondary N) is 1. The Bertz CT molecular complexity index is 1130. The lowest BCUT2D eigenvalue weighted by Gasteiger charge is -2.30. The summed E-state index contributed by atoms with van der Waals surface area (Å²) in [5, 5.41) is 19.1. The highest BCUT2D eigenvalue weighted by Crippen LogP contribution is 2.48. The third kappa shape index (κ3) is 2.40. The molecule has 2 heterocycles. The van der Waals surface area contributed by atoms with Crippen LogP contribution in [-0.2, 0) is 0 Å². The third-order valence-corrected chi connectivity index (χ3v) is 5.67. The Labute approximate surface area is 153 Å². The van der Waals surface area contributed by atoms with E-state index in [0.717, 1.165) is 17.1 Å². The van der Waals surface area contributed by atoms with Crippen molar-refractivity contribution >= 4 is 27.8 Å². The molecule has 0 radical (unpaired) electrons. The largest absolute Gasteiger partial charge is 0.496 e. The van der Waals surface area contributed by atoms with Crippen LogP contribution in [0, 0.1) is 22.7 Å². The topological polar surface area (TPSA) is 87.1 Å². The molecule has 5 nitrogen and oxygen atoms in total. The minimum Gasteiger partial charge on any atom is -0.496 e. The van der Waals surface area contributed by atoms with Gasteiger partial charge in [-0.3, -0.25) is 5.41 Å². The summed E-state index contributed by atoms with van der Waals surface area (Å²) in [7, 11) is 1.55. The molecule has 3 aromatic rings. The molecule has 0 saturated heterocycles. The van der Waals surface area contributed by atoms with Crippen LogP contribution in [-0.4, -0.2) is 12.2 Å². The molecular weight excluding hydrogens is 348 g/mol. The van der Waals surface area contributed by atoms with Gasteiger partial charge in [0.2, 0.25) is 0 Å². The summed E-state index contributed by atoms with van der Waals surface area (Å²) >= 11 is 1.16. The van der Waals surface area contributed by atoms with Crippen LogP contribution in [0.1, 0.15) is 17.0 Å². The number of rotatable bonds is 2. The molecule has 0 saturated carbocycles. The van der Waals surface area contributed by atoms with Crippen molar-refractivity contribution in [3.8, 4) is 11.8 Å². The molecule has 0 bridgehead atoms. The van der Waals surface area contributed by atoms with Gasteiger partial charge in [-0.2, -0.15) is 5.26 Å². The lowest BCUT2D eigenvalue weighted by molar-refractivity contribution is 0.405. The number of nitrogens with zero attached hydrogens (tertiary/aromatic N) is 1. The maximum Gasteiger partial charge on any atom is 0.341 e. The molecule has 1 aromatic heterocycles. The lowest BCUT2D eigenvalue weighted by atomic mass is 9.81. The number of hydrogen-bond acceptors (Lipinski definition) is 6. The van der Waals surface area contributed by atoms with Crippen molar-refractivity contribution in [1.82, 2.24) is 0 Å². The van der Waals surface area contributed by atoms with Gasteiger partial charge in [0, 0.05) is 21.8 Å². The van der Waals surface area contributed by atoms with Crippen molar-refractivity contribution in [2.75, 3.05) is 7.11 Å².